The highest BCUT2D eigenvalue weighted by Gasteiger charge is 2.09. The molecule has 128 valence electrons. The molecule has 24 heavy (non-hydrogen) atoms. The molecule has 2 rings (SSSR count). The topological polar surface area (TPSA) is 42.5 Å². The normalized spacial score (nSPS) is 10.2. The zero-order valence-corrected chi connectivity index (χ0v) is 15.6. The van der Waals surface area contributed by atoms with Gasteiger partial charge in [0.25, 0.3) is 0 Å². The van der Waals surface area contributed by atoms with Crippen molar-refractivity contribution >= 4 is 34.6 Å². The first kappa shape index (κ1) is 18.4. The van der Waals surface area contributed by atoms with Gasteiger partial charge in [-0.1, -0.05) is 29.8 Å². The SMILES string of the molecule is COc1cccc(CCNC(=S)Nc2ccc(C)cc2Cl)c1OC. The Hall–Kier alpha value is -1.98. The summed E-state index contributed by atoms with van der Waals surface area (Å²) in [5.41, 5.74) is 2.95. The fourth-order valence-electron chi connectivity index (χ4n) is 2.35. The van der Waals surface area contributed by atoms with Crippen molar-refractivity contribution in [3.63, 3.8) is 0 Å². The first-order valence-electron chi connectivity index (χ1n) is 7.56. The molecule has 0 aliphatic carbocycles. The number of halogens is 1. The Labute approximate surface area is 153 Å². The molecule has 0 aliphatic heterocycles. The van der Waals surface area contributed by atoms with Gasteiger partial charge in [-0.15, -0.1) is 0 Å². The lowest BCUT2D eigenvalue weighted by molar-refractivity contribution is 0.351. The molecule has 0 bridgehead atoms. The number of hydrogen-bond donors (Lipinski definition) is 2. The average Bonchev–Trinajstić information content (AvgIpc) is 2.57. The summed E-state index contributed by atoms with van der Waals surface area (Å²) in [6.07, 6.45) is 0.754. The molecule has 2 N–H and O–H groups in total. The molecule has 6 heteroatoms. The van der Waals surface area contributed by atoms with E-state index in [0.717, 1.165) is 34.7 Å². The van der Waals surface area contributed by atoms with E-state index in [1.54, 1.807) is 14.2 Å². The van der Waals surface area contributed by atoms with Crippen molar-refractivity contribution in [3.8, 4) is 11.5 Å². The number of benzene rings is 2. The maximum Gasteiger partial charge on any atom is 0.170 e. The lowest BCUT2D eigenvalue weighted by Gasteiger charge is -2.14. The van der Waals surface area contributed by atoms with Crippen LogP contribution >= 0.6 is 23.8 Å². The molecule has 0 unspecified atom stereocenters. The minimum absolute atomic E-state index is 0.530. The first-order chi connectivity index (χ1) is 11.5. The number of methoxy groups -OCH3 is 2. The predicted octanol–water partition coefficient (Wildman–Crippen LogP) is 4.19. The molecule has 2 aromatic carbocycles. The van der Waals surface area contributed by atoms with Gasteiger partial charge in [0.1, 0.15) is 0 Å². The van der Waals surface area contributed by atoms with Crippen LogP contribution in [0.1, 0.15) is 11.1 Å². The van der Waals surface area contributed by atoms with Crippen molar-refractivity contribution in [2.45, 2.75) is 13.3 Å². The second kappa shape index (κ2) is 8.76. The lowest BCUT2D eigenvalue weighted by atomic mass is 10.1. The van der Waals surface area contributed by atoms with Gasteiger partial charge in [0.15, 0.2) is 16.6 Å². The van der Waals surface area contributed by atoms with Crippen LogP contribution in [0.25, 0.3) is 0 Å². The molecule has 0 aromatic heterocycles. The van der Waals surface area contributed by atoms with Crippen molar-refractivity contribution in [1.29, 1.82) is 0 Å². The van der Waals surface area contributed by atoms with E-state index < -0.39 is 0 Å². The van der Waals surface area contributed by atoms with Gasteiger partial charge in [0.2, 0.25) is 0 Å². The quantitative estimate of drug-likeness (QED) is 0.752. The summed E-state index contributed by atoms with van der Waals surface area (Å²) in [5, 5.41) is 7.46. The van der Waals surface area contributed by atoms with Gasteiger partial charge < -0.3 is 20.1 Å². The van der Waals surface area contributed by atoms with Crippen molar-refractivity contribution in [2.24, 2.45) is 0 Å². The van der Waals surface area contributed by atoms with Gasteiger partial charge in [-0.05, 0) is 54.9 Å². The molecule has 0 spiro atoms. The van der Waals surface area contributed by atoms with Crippen LogP contribution in [0, 0.1) is 6.92 Å². The lowest BCUT2D eigenvalue weighted by Crippen LogP contribution is -2.30. The monoisotopic (exact) mass is 364 g/mol. The van der Waals surface area contributed by atoms with Crippen LogP contribution in [0.4, 0.5) is 5.69 Å². The van der Waals surface area contributed by atoms with E-state index >= 15 is 0 Å². The Kier molecular flexibility index (Phi) is 6.70. The number of rotatable bonds is 6. The number of ether oxygens (including phenoxy) is 2. The first-order valence-corrected chi connectivity index (χ1v) is 8.34. The summed E-state index contributed by atoms with van der Waals surface area (Å²) < 4.78 is 10.7. The van der Waals surface area contributed by atoms with E-state index in [1.807, 2.05) is 43.3 Å². The van der Waals surface area contributed by atoms with Gasteiger partial charge >= 0.3 is 0 Å². The van der Waals surface area contributed by atoms with E-state index in [9.17, 15) is 0 Å². The molecule has 0 aliphatic rings. The van der Waals surface area contributed by atoms with Crippen LogP contribution in [0.5, 0.6) is 11.5 Å². The minimum atomic E-state index is 0.530. The summed E-state index contributed by atoms with van der Waals surface area (Å²) in [7, 11) is 3.27. The number of thiocarbonyl (C=S) groups is 1. The Morgan fingerprint density at radius 2 is 1.96 bits per heavy atom. The number of anilines is 1. The van der Waals surface area contributed by atoms with Crippen LogP contribution < -0.4 is 20.1 Å². The van der Waals surface area contributed by atoms with E-state index in [-0.39, 0.29) is 0 Å². The third-order valence-electron chi connectivity index (χ3n) is 3.54. The average molecular weight is 365 g/mol. The van der Waals surface area contributed by atoms with E-state index in [0.29, 0.717) is 16.7 Å². The Balaban J connectivity index is 1.91. The summed E-state index contributed by atoms with van der Waals surface area (Å²) >= 11 is 11.5. The van der Waals surface area contributed by atoms with Gasteiger partial charge in [-0.3, -0.25) is 0 Å². The second-order valence-electron chi connectivity index (χ2n) is 5.27. The van der Waals surface area contributed by atoms with Crippen molar-refractivity contribution in [2.75, 3.05) is 26.1 Å². The molecule has 0 fully saturated rings. The zero-order chi connectivity index (χ0) is 17.5. The van der Waals surface area contributed by atoms with Gasteiger partial charge in [0, 0.05) is 6.54 Å². The zero-order valence-electron chi connectivity index (χ0n) is 14.0. The predicted molar refractivity (Wildman–Crippen MR) is 104 cm³/mol. The van der Waals surface area contributed by atoms with Crippen LogP contribution in [-0.4, -0.2) is 25.9 Å². The molecule has 0 radical (unpaired) electrons. The van der Waals surface area contributed by atoms with Gasteiger partial charge in [-0.25, -0.2) is 0 Å². The van der Waals surface area contributed by atoms with Crippen LogP contribution in [-0.2, 0) is 6.42 Å². The van der Waals surface area contributed by atoms with Gasteiger partial charge in [-0.2, -0.15) is 0 Å². The number of aryl methyl sites for hydroxylation is 1. The van der Waals surface area contributed by atoms with E-state index in [4.69, 9.17) is 33.3 Å². The second-order valence-corrected chi connectivity index (χ2v) is 6.08. The Bertz CT molecular complexity index is 722. The molecule has 0 amide bonds. The molecule has 0 heterocycles. The highest BCUT2D eigenvalue weighted by Crippen LogP contribution is 2.30. The number of para-hydroxylation sites is 1. The van der Waals surface area contributed by atoms with Crippen LogP contribution in [0.2, 0.25) is 5.02 Å². The number of hydrogen-bond acceptors (Lipinski definition) is 3. The summed E-state index contributed by atoms with van der Waals surface area (Å²) in [6.45, 7) is 2.66. The van der Waals surface area contributed by atoms with Crippen molar-refractivity contribution in [3.05, 3.63) is 52.5 Å². The Morgan fingerprint density at radius 1 is 1.17 bits per heavy atom. The van der Waals surface area contributed by atoms with Crippen molar-refractivity contribution < 1.29 is 9.47 Å². The minimum Gasteiger partial charge on any atom is -0.493 e. The van der Waals surface area contributed by atoms with Gasteiger partial charge in [0.05, 0.1) is 24.9 Å². The van der Waals surface area contributed by atoms with Crippen LogP contribution in [0.15, 0.2) is 36.4 Å². The fourth-order valence-corrected chi connectivity index (χ4v) is 2.84. The van der Waals surface area contributed by atoms with Crippen molar-refractivity contribution in [1.82, 2.24) is 5.32 Å². The van der Waals surface area contributed by atoms with E-state index in [1.165, 1.54) is 0 Å². The molecule has 0 atom stereocenters. The summed E-state index contributed by atoms with van der Waals surface area (Å²) in [6, 6.07) is 11.6. The Morgan fingerprint density at radius 3 is 2.62 bits per heavy atom. The maximum absolute atomic E-state index is 6.20. The summed E-state index contributed by atoms with van der Waals surface area (Å²) in [4.78, 5) is 0. The van der Waals surface area contributed by atoms with Crippen LogP contribution in [0.3, 0.4) is 0 Å². The standard InChI is InChI=1S/C18H21ClN2O2S/c1-12-7-8-15(14(19)11-12)21-18(24)20-10-9-13-5-4-6-16(22-2)17(13)23-3/h4-8,11H,9-10H2,1-3H3,(H2,20,21,24). The molecular weight excluding hydrogens is 344 g/mol. The highest BCUT2D eigenvalue weighted by atomic mass is 35.5. The highest BCUT2D eigenvalue weighted by molar-refractivity contribution is 7.80. The molecule has 0 saturated carbocycles. The smallest absolute Gasteiger partial charge is 0.170 e. The van der Waals surface area contributed by atoms with E-state index in [2.05, 4.69) is 10.6 Å². The fraction of sp³-hybridized carbons (Fsp3) is 0.278. The summed E-state index contributed by atoms with van der Waals surface area (Å²) in [5.74, 6) is 1.48. The third-order valence-corrected chi connectivity index (χ3v) is 4.10. The third kappa shape index (κ3) is 4.76. The molecule has 4 nitrogen and oxygen atoms in total. The number of nitrogens with one attached hydrogen (secondary N) is 2. The molecular formula is C18H21ClN2O2S. The molecule has 0 saturated heterocycles. The maximum atomic E-state index is 6.20. The largest absolute Gasteiger partial charge is 0.493 e. The molecule has 2 aromatic rings.